The van der Waals surface area contributed by atoms with Gasteiger partial charge in [-0.1, -0.05) is 22.9 Å². The molecule has 0 bridgehead atoms. The van der Waals surface area contributed by atoms with Gasteiger partial charge in [0.15, 0.2) is 0 Å². The van der Waals surface area contributed by atoms with Gasteiger partial charge in [-0.25, -0.2) is 9.78 Å². The minimum absolute atomic E-state index is 0.0465. The van der Waals surface area contributed by atoms with E-state index in [0.717, 1.165) is 40.1 Å². The standard InChI is InChI=1S/C19H17ClN8OS/c1-27-7-2-8-28(19(27)29)15-9-11(5-6-21-15)17-25-26-18(30-17)23-14-4-3-13-12(16(14)20)10-22-24-13/h3-6,9-10H,2,7-8H2,1H3,(H,22,24)(H,23,26). The summed E-state index contributed by atoms with van der Waals surface area (Å²) in [6.07, 6.45) is 4.28. The number of hydrogen-bond donors (Lipinski definition) is 2. The Bertz CT molecular complexity index is 1240. The van der Waals surface area contributed by atoms with Crippen molar-refractivity contribution in [3.05, 3.63) is 41.7 Å². The predicted octanol–water partition coefficient (Wildman–Crippen LogP) is 4.14. The molecular weight excluding hydrogens is 424 g/mol. The summed E-state index contributed by atoms with van der Waals surface area (Å²) in [5, 5.41) is 21.4. The van der Waals surface area contributed by atoms with Gasteiger partial charge in [0.25, 0.3) is 0 Å². The maximum absolute atomic E-state index is 12.4. The Labute approximate surface area is 180 Å². The minimum atomic E-state index is -0.0465. The van der Waals surface area contributed by atoms with Crippen molar-refractivity contribution in [3.63, 3.8) is 0 Å². The van der Waals surface area contributed by atoms with Crippen molar-refractivity contribution >= 4 is 56.5 Å². The Kier molecular flexibility index (Phi) is 4.72. The number of hydrogen-bond acceptors (Lipinski definition) is 7. The third-order valence-electron chi connectivity index (χ3n) is 4.93. The van der Waals surface area contributed by atoms with Crippen LogP contribution in [0.5, 0.6) is 0 Å². The molecule has 0 radical (unpaired) electrons. The van der Waals surface area contributed by atoms with E-state index in [9.17, 15) is 4.79 Å². The lowest BCUT2D eigenvalue weighted by atomic mass is 10.2. The number of urea groups is 1. The van der Waals surface area contributed by atoms with Crippen LogP contribution in [0.3, 0.4) is 0 Å². The molecule has 1 fully saturated rings. The van der Waals surface area contributed by atoms with Crippen LogP contribution in [0.4, 0.5) is 21.4 Å². The van der Waals surface area contributed by atoms with Crippen molar-refractivity contribution in [2.24, 2.45) is 0 Å². The number of pyridine rings is 1. The second-order valence-electron chi connectivity index (χ2n) is 6.91. The lowest BCUT2D eigenvalue weighted by Gasteiger charge is -2.32. The first kappa shape index (κ1) is 18.8. The molecule has 1 aromatic carbocycles. The number of rotatable bonds is 4. The molecule has 30 heavy (non-hydrogen) atoms. The molecule has 11 heteroatoms. The van der Waals surface area contributed by atoms with Crippen molar-refractivity contribution < 1.29 is 4.79 Å². The van der Waals surface area contributed by atoms with E-state index in [1.54, 1.807) is 29.2 Å². The minimum Gasteiger partial charge on any atom is -0.329 e. The van der Waals surface area contributed by atoms with Gasteiger partial charge in [0.05, 0.1) is 22.4 Å². The molecule has 2 amide bonds. The molecule has 1 saturated heterocycles. The maximum Gasteiger partial charge on any atom is 0.325 e. The van der Waals surface area contributed by atoms with Crippen molar-refractivity contribution in [1.82, 2.24) is 30.3 Å². The average Bonchev–Trinajstić information content (AvgIpc) is 3.42. The van der Waals surface area contributed by atoms with Gasteiger partial charge in [-0.2, -0.15) is 5.10 Å². The fraction of sp³-hybridized carbons (Fsp3) is 0.211. The molecule has 0 atom stereocenters. The quantitative estimate of drug-likeness (QED) is 0.494. The zero-order valence-corrected chi connectivity index (χ0v) is 17.5. The first-order chi connectivity index (χ1) is 14.6. The highest BCUT2D eigenvalue weighted by Gasteiger charge is 2.25. The molecule has 5 rings (SSSR count). The maximum atomic E-state index is 12.4. The zero-order valence-electron chi connectivity index (χ0n) is 16.0. The molecular formula is C19H17ClN8OS. The van der Waals surface area contributed by atoms with E-state index >= 15 is 0 Å². The van der Waals surface area contributed by atoms with E-state index in [2.05, 4.69) is 30.7 Å². The summed E-state index contributed by atoms with van der Waals surface area (Å²) in [5.74, 6) is 0.613. The summed E-state index contributed by atoms with van der Waals surface area (Å²) in [7, 11) is 1.80. The van der Waals surface area contributed by atoms with Crippen molar-refractivity contribution in [2.45, 2.75) is 6.42 Å². The number of fused-ring (bicyclic) bond motifs is 1. The van der Waals surface area contributed by atoms with Crippen LogP contribution in [-0.4, -0.2) is 56.4 Å². The lowest BCUT2D eigenvalue weighted by Crippen LogP contribution is -2.47. The smallest absolute Gasteiger partial charge is 0.325 e. The number of amides is 2. The lowest BCUT2D eigenvalue weighted by molar-refractivity contribution is 0.207. The highest BCUT2D eigenvalue weighted by molar-refractivity contribution is 7.18. The van der Waals surface area contributed by atoms with Gasteiger partial charge in [0.1, 0.15) is 10.8 Å². The van der Waals surface area contributed by atoms with E-state index in [1.165, 1.54) is 11.3 Å². The first-order valence-electron chi connectivity index (χ1n) is 9.31. The number of nitrogens with zero attached hydrogens (tertiary/aromatic N) is 6. The molecule has 9 nitrogen and oxygen atoms in total. The number of aromatic amines is 1. The van der Waals surface area contributed by atoms with Crippen LogP contribution in [0.25, 0.3) is 21.5 Å². The van der Waals surface area contributed by atoms with Crippen LogP contribution >= 0.6 is 22.9 Å². The van der Waals surface area contributed by atoms with Crippen LogP contribution in [0.2, 0.25) is 5.02 Å². The van der Waals surface area contributed by atoms with Gasteiger partial charge in [-0.3, -0.25) is 10.00 Å². The number of carbonyl (C=O) groups excluding carboxylic acids is 1. The number of H-pyrrole nitrogens is 1. The highest BCUT2D eigenvalue weighted by Crippen LogP contribution is 2.35. The van der Waals surface area contributed by atoms with Crippen LogP contribution in [0, 0.1) is 0 Å². The van der Waals surface area contributed by atoms with E-state index in [1.807, 2.05) is 24.3 Å². The third-order valence-corrected chi connectivity index (χ3v) is 6.22. The van der Waals surface area contributed by atoms with E-state index in [0.29, 0.717) is 22.5 Å². The Hall–Kier alpha value is -3.24. The third kappa shape index (κ3) is 3.33. The summed E-state index contributed by atoms with van der Waals surface area (Å²) < 4.78 is 0. The van der Waals surface area contributed by atoms with Crippen LogP contribution in [-0.2, 0) is 0 Å². The van der Waals surface area contributed by atoms with E-state index in [-0.39, 0.29) is 6.03 Å². The number of aromatic nitrogens is 5. The van der Waals surface area contributed by atoms with Crippen LogP contribution in [0.15, 0.2) is 36.7 Å². The van der Waals surface area contributed by atoms with Gasteiger partial charge in [-0.15, -0.1) is 10.2 Å². The van der Waals surface area contributed by atoms with E-state index in [4.69, 9.17) is 11.6 Å². The molecule has 4 heterocycles. The summed E-state index contributed by atoms with van der Waals surface area (Å²) >= 11 is 7.87. The fourth-order valence-electron chi connectivity index (χ4n) is 3.36. The number of halogens is 1. The summed E-state index contributed by atoms with van der Waals surface area (Å²) in [5.41, 5.74) is 2.44. The Morgan fingerprint density at radius 1 is 1.23 bits per heavy atom. The molecule has 0 saturated carbocycles. The number of anilines is 3. The number of benzene rings is 1. The van der Waals surface area contributed by atoms with Crippen molar-refractivity contribution in [3.8, 4) is 10.6 Å². The van der Waals surface area contributed by atoms with Gasteiger partial charge < -0.3 is 10.2 Å². The Morgan fingerprint density at radius 3 is 3.03 bits per heavy atom. The summed E-state index contributed by atoms with van der Waals surface area (Å²) in [6.45, 7) is 1.41. The first-order valence-corrected chi connectivity index (χ1v) is 10.5. The normalized spacial score (nSPS) is 14.5. The van der Waals surface area contributed by atoms with Gasteiger partial charge in [-0.05, 0) is 30.7 Å². The van der Waals surface area contributed by atoms with Gasteiger partial charge in [0.2, 0.25) is 5.13 Å². The molecule has 152 valence electrons. The van der Waals surface area contributed by atoms with Crippen LogP contribution < -0.4 is 10.2 Å². The van der Waals surface area contributed by atoms with Crippen molar-refractivity contribution in [1.29, 1.82) is 0 Å². The molecule has 3 aromatic heterocycles. The molecule has 4 aromatic rings. The molecule has 0 unspecified atom stereocenters. The Morgan fingerprint density at radius 2 is 2.13 bits per heavy atom. The molecule has 0 aliphatic carbocycles. The largest absolute Gasteiger partial charge is 0.329 e. The SMILES string of the molecule is CN1CCCN(c2cc(-c3nnc(Nc4ccc5[nH]ncc5c4Cl)s3)ccn2)C1=O. The van der Waals surface area contributed by atoms with E-state index < -0.39 is 0 Å². The molecule has 0 spiro atoms. The number of nitrogens with one attached hydrogen (secondary N) is 2. The monoisotopic (exact) mass is 440 g/mol. The second-order valence-corrected chi connectivity index (χ2v) is 8.26. The molecule has 2 N–H and O–H groups in total. The molecule has 1 aliphatic heterocycles. The summed E-state index contributed by atoms with van der Waals surface area (Å²) in [6, 6.07) is 7.45. The molecule has 1 aliphatic rings. The number of carbonyl (C=O) groups is 1. The predicted molar refractivity (Wildman–Crippen MR) is 118 cm³/mol. The van der Waals surface area contributed by atoms with Gasteiger partial charge >= 0.3 is 6.03 Å². The van der Waals surface area contributed by atoms with Gasteiger partial charge in [0, 0.05) is 37.3 Å². The zero-order chi connectivity index (χ0) is 20.7. The topological polar surface area (TPSA) is 103 Å². The average molecular weight is 441 g/mol. The Balaban J connectivity index is 1.40. The van der Waals surface area contributed by atoms with Crippen molar-refractivity contribution in [2.75, 3.05) is 30.4 Å². The fourth-order valence-corrected chi connectivity index (χ4v) is 4.37. The van der Waals surface area contributed by atoms with Crippen LogP contribution in [0.1, 0.15) is 6.42 Å². The summed E-state index contributed by atoms with van der Waals surface area (Å²) in [4.78, 5) is 20.2. The highest BCUT2D eigenvalue weighted by atomic mass is 35.5. The second kappa shape index (κ2) is 7.54.